The molecule has 1 atom stereocenters. The Bertz CT molecular complexity index is 189. The molecule has 0 aromatic heterocycles. The molecule has 0 spiro atoms. The van der Waals surface area contributed by atoms with Crippen LogP contribution in [-0.2, 0) is 4.79 Å². The van der Waals surface area contributed by atoms with Gasteiger partial charge in [0.1, 0.15) is 0 Å². The van der Waals surface area contributed by atoms with Gasteiger partial charge in [0.15, 0.2) is 0 Å². The number of thioether (sulfide) groups is 1. The number of carbonyl (C=O) groups is 1. The van der Waals surface area contributed by atoms with E-state index in [1.807, 2.05) is 30.5 Å². The first-order valence-corrected chi connectivity index (χ1v) is 6.99. The van der Waals surface area contributed by atoms with Gasteiger partial charge in [0.05, 0.1) is 6.54 Å². The van der Waals surface area contributed by atoms with E-state index in [0.29, 0.717) is 6.54 Å². The molecule has 1 fully saturated rings. The monoisotopic (exact) mass is 230 g/mol. The zero-order chi connectivity index (χ0) is 11.1. The molecule has 1 rings (SSSR count). The van der Waals surface area contributed by atoms with Crippen LogP contribution in [0.5, 0.6) is 0 Å². The van der Waals surface area contributed by atoms with Crippen LogP contribution in [0.2, 0.25) is 0 Å². The maximum absolute atomic E-state index is 11.6. The summed E-state index contributed by atoms with van der Waals surface area (Å²) in [5.74, 6) is 3.55. The Hall–Kier alpha value is -0.220. The molecule has 1 unspecified atom stereocenters. The minimum absolute atomic E-state index is 0.227. The van der Waals surface area contributed by atoms with Crippen LogP contribution in [0.3, 0.4) is 0 Å². The topological polar surface area (TPSA) is 32.3 Å². The van der Waals surface area contributed by atoms with Gasteiger partial charge < -0.3 is 10.2 Å². The lowest BCUT2D eigenvalue weighted by Crippen LogP contribution is -2.39. The predicted octanol–water partition coefficient (Wildman–Crippen LogP) is 1.20. The summed E-state index contributed by atoms with van der Waals surface area (Å²) in [4.78, 5) is 13.5. The molecule has 1 amide bonds. The third-order valence-electron chi connectivity index (χ3n) is 2.85. The summed E-state index contributed by atoms with van der Waals surface area (Å²) in [7, 11) is 0. The van der Waals surface area contributed by atoms with E-state index in [9.17, 15) is 4.79 Å². The van der Waals surface area contributed by atoms with E-state index < -0.39 is 0 Å². The number of hydrogen-bond acceptors (Lipinski definition) is 3. The molecular weight excluding hydrogens is 208 g/mol. The summed E-state index contributed by atoms with van der Waals surface area (Å²) < 4.78 is 0. The zero-order valence-corrected chi connectivity index (χ0v) is 10.6. The van der Waals surface area contributed by atoms with E-state index in [1.54, 1.807) is 0 Å². The second-order valence-corrected chi connectivity index (χ2v) is 5.08. The van der Waals surface area contributed by atoms with Crippen LogP contribution in [0, 0.1) is 5.92 Å². The van der Waals surface area contributed by atoms with E-state index in [4.69, 9.17) is 0 Å². The highest BCUT2D eigenvalue weighted by Gasteiger charge is 2.15. The maximum Gasteiger partial charge on any atom is 0.236 e. The van der Waals surface area contributed by atoms with Gasteiger partial charge in [0.25, 0.3) is 0 Å². The predicted molar refractivity (Wildman–Crippen MR) is 66.2 cm³/mol. The Kier molecular flexibility index (Phi) is 6.10. The van der Waals surface area contributed by atoms with Crippen LogP contribution in [0.25, 0.3) is 0 Å². The van der Waals surface area contributed by atoms with Crippen molar-refractivity contribution in [1.82, 2.24) is 10.2 Å². The largest absolute Gasteiger partial charge is 0.342 e. The van der Waals surface area contributed by atoms with Crippen molar-refractivity contribution < 1.29 is 4.79 Å². The normalized spacial score (nSPS) is 20.5. The lowest BCUT2D eigenvalue weighted by molar-refractivity contribution is -0.129. The van der Waals surface area contributed by atoms with E-state index >= 15 is 0 Å². The number of nitrogens with one attached hydrogen (secondary N) is 1. The number of amides is 1. The van der Waals surface area contributed by atoms with Crippen LogP contribution in [-0.4, -0.2) is 48.5 Å². The molecule has 0 aliphatic carbocycles. The number of nitrogens with zero attached hydrogens (tertiary/aromatic N) is 1. The van der Waals surface area contributed by atoms with Crippen molar-refractivity contribution in [2.45, 2.75) is 20.3 Å². The van der Waals surface area contributed by atoms with Gasteiger partial charge in [0, 0.05) is 13.1 Å². The molecule has 3 nitrogen and oxygen atoms in total. The van der Waals surface area contributed by atoms with Crippen molar-refractivity contribution in [3.8, 4) is 0 Å². The van der Waals surface area contributed by atoms with Crippen molar-refractivity contribution in [3.63, 3.8) is 0 Å². The molecule has 15 heavy (non-hydrogen) atoms. The Morgan fingerprint density at radius 1 is 1.47 bits per heavy atom. The van der Waals surface area contributed by atoms with Gasteiger partial charge in [0.2, 0.25) is 5.91 Å². The fraction of sp³-hybridized carbons (Fsp3) is 0.909. The average Bonchev–Trinajstić information content (AvgIpc) is 2.72. The molecule has 0 aromatic carbocycles. The fourth-order valence-electron chi connectivity index (χ4n) is 1.82. The summed E-state index contributed by atoms with van der Waals surface area (Å²) >= 11 is 2.02. The number of hydrogen-bond donors (Lipinski definition) is 1. The van der Waals surface area contributed by atoms with Crippen molar-refractivity contribution in [2.75, 3.05) is 37.7 Å². The molecule has 88 valence electrons. The summed E-state index contributed by atoms with van der Waals surface area (Å²) in [6.07, 6.45) is 1.30. The lowest BCUT2D eigenvalue weighted by Gasteiger charge is -2.19. The minimum Gasteiger partial charge on any atom is -0.342 e. The number of rotatable bonds is 6. The third-order valence-corrected chi connectivity index (χ3v) is 4.08. The Morgan fingerprint density at radius 2 is 2.20 bits per heavy atom. The number of likely N-dealkylation sites (N-methyl/N-ethyl adjacent to an activating group) is 1. The molecular formula is C11H22N2OS. The smallest absolute Gasteiger partial charge is 0.236 e. The standard InChI is InChI=1S/C11H22N2OS/c1-3-13(4-2)11(14)8-12-7-10-5-6-15-9-10/h10,12H,3-9H2,1-2H3. The van der Waals surface area contributed by atoms with Crippen LogP contribution in [0.15, 0.2) is 0 Å². The van der Waals surface area contributed by atoms with Crippen LogP contribution in [0.4, 0.5) is 0 Å². The first-order chi connectivity index (χ1) is 7.27. The zero-order valence-electron chi connectivity index (χ0n) is 9.79. The molecule has 1 aliphatic rings. The third kappa shape index (κ3) is 4.43. The SMILES string of the molecule is CCN(CC)C(=O)CNCC1CCSC1. The van der Waals surface area contributed by atoms with E-state index in [2.05, 4.69) is 5.32 Å². The molecule has 1 saturated heterocycles. The van der Waals surface area contributed by atoms with Gasteiger partial charge in [-0.3, -0.25) is 4.79 Å². The summed E-state index contributed by atoms with van der Waals surface area (Å²) in [5.41, 5.74) is 0. The van der Waals surface area contributed by atoms with E-state index in [1.165, 1.54) is 17.9 Å². The Morgan fingerprint density at radius 3 is 2.73 bits per heavy atom. The Balaban J connectivity index is 2.10. The second kappa shape index (κ2) is 7.12. The fourth-order valence-corrected chi connectivity index (χ4v) is 3.10. The highest BCUT2D eigenvalue weighted by Crippen LogP contribution is 2.22. The molecule has 1 N–H and O–H groups in total. The van der Waals surface area contributed by atoms with Crippen LogP contribution >= 0.6 is 11.8 Å². The van der Waals surface area contributed by atoms with Gasteiger partial charge >= 0.3 is 0 Å². The van der Waals surface area contributed by atoms with Gasteiger partial charge in [-0.1, -0.05) is 0 Å². The summed E-state index contributed by atoms with van der Waals surface area (Å²) in [6, 6.07) is 0. The molecule has 4 heteroatoms. The van der Waals surface area contributed by atoms with Gasteiger partial charge in [-0.25, -0.2) is 0 Å². The molecule has 0 aromatic rings. The lowest BCUT2D eigenvalue weighted by atomic mass is 10.1. The number of carbonyl (C=O) groups excluding carboxylic acids is 1. The second-order valence-electron chi connectivity index (χ2n) is 3.93. The summed E-state index contributed by atoms with van der Waals surface area (Å²) in [5, 5.41) is 3.27. The van der Waals surface area contributed by atoms with Crippen LogP contribution in [0.1, 0.15) is 20.3 Å². The van der Waals surface area contributed by atoms with Crippen LogP contribution < -0.4 is 5.32 Å². The summed E-state index contributed by atoms with van der Waals surface area (Å²) in [6.45, 7) is 7.18. The molecule has 1 aliphatic heterocycles. The van der Waals surface area contributed by atoms with E-state index in [0.717, 1.165) is 25.6 Å². The molecule has 0 radical (unpaired) electrons. The van der Waals surface area contributed by atoms with Crippen molar-refractivity contribution >= 4 is 17.7 Å². The molecule has 0 bridgehead atoms. The van der Waals surface area contributed by atoms with E-state index in [-0.39, 0.29) is 5.91 Å². The van der Waals surface area contributed by atoms with Crippen molar-refractivity contribution in [2.24, 2.45) is 5.92 Å². The van der Waals surface area contributed by atoms with Gasteiger partial charge in [-0.05, 0) is 44.2 Å². The minimum atomic E-state index is 0.227. The molecule has 1 heterocycles. The van der Waals surface area contributed by atoms with Crippen molar-refractivity contribution in [3.05, 3.63) is 0 Å². The quantitative estimate of drug-likeness (QED) is 0.744. The first kappa shape index (κ1) is 12.8. The highest BCUT2D eigenvalue weighted by atomic mass is 32.2. The Labute approximate surface area is 97.0 Å². The average molecular weight is 230 g/mol. The molecule has 0 saturated carbocycles. The highest BCUT2D eigenvalue weighted by molar-refractivity contribution is 7.99. The maximum atomic E-state index is 11.6. The van der Waals surface area contributed by atoms with Gasteiger partial charge in [-0.2, -0.15) is 11.8 Å². The van der Waals surface area contributed by atoms with Gasteiger partial charge in [-0.15, -0.1) is 0 Å². The van der Waals surface area contributed by atoms with Crippen molar-refractivity contribution in [1.29, 1.82) is 0 Å². The first-order valence-electron chi connectivity index (χ1n) is 5.84.